The molecule has 1 heterocycles. The van der Waals surface area contributed by atoms with Crippen molar-refractivity contribution in [3.05, 3.63) is 220 Å². The van der Waals surface area contributed by atoms with Gasteiger partial charge in [-0.1, -0.05) is 172 Å². The second-order valence-electron chi connectivity index (χ2n) is 17.8. The van der Waals surface area contributed by atoms with Crippen LogP contribution in [0.2, 0.25) is 0 Å². The molecule has 0 fully saturated rings. The molecule has 3 heteroatoms. The highest BCUT2D eigenvalue weighted by Crippen LogP contribution is 2.69. The Labute approximate surface area is 349 Å². The van der Waals surface area contributed by atoms with E-state index in [0.29, 0.717) is 23.4 Å². The summed E-state index contributed by atoms with van der Waals surface area (Å²) < 4.78 is 0. The first-order chi connectivity index (χ1) is 29.5. The van der Waals surface area contributed by atoms with E-state index in [1.807, 2.05) is 6.07 Å². The van der Waals surface area contributed by atoms with E-state index in [1.165, 1.54) is 94.6 Å². The average molecular weight is 764 g/mol. The third kappa shape index (κ3) is 3.94. The van der Waals surface area contributed by atoms with E-state index >= 15 is 0 Å². The number of aromatic nitrogens is 3. The van der Waals surface area contributed by atoms with Gasteiger partial charge < -0.3 is 0 Å². The Morgan fingerprint density at radius 1 is 0.400 bits per heavy atom. The lowest BCUT2D eigenvalue weighted by molar-refractivity contribution is 0.660. The Morgan fingerprint density at radius 3 is 1.70 bits per heavy atom. The van der Waals surface area contributed by atoms with Crippen LogP contribution in [0.3, 0.4) is 0 Å². The number of hydrogen-bond acceptors (Lipinski definition) is 3. The number of nitrogens with zero attached hydrogens (tertiary/aromatic N) is 3. The molecule has 2 unspecified atom stereocenters. The van der Waals surface area contributed by atoms with E-state index in [1.54, 1.807) is 0 Å². The van der Waals surface area contributed by atoms with E-state index in [-0.39, 0.29) is 5.41 Å². The Hall–Kier alpha value is -7.23. The van der Waals surface area contributed by atoms with Gasteiger partial charge in [-0.25, -0.2) is 15.0 Å². The van der Waals surface area contributed by atoms with Crippen molar-refractivity contribution in [1.29, 1.82) is 0 Å². The SMILES string of the molecule is CC1(C)c2ccccc2-c2ccc(-c3nc(-c4ccccc4)nc(-c4ccc5c(c4)C46c7ccccc7-c7cccc(c74)CC4c7ccccc7-c7ccc-5c6c74)n3)cc21. The predicted molar refractivity (Wildman–Crippen MR) is 241 cm³/mol. The molecule has 0 saturated carbocycles. The van der Waals surface area contributed by atoms with Gasteiger partial charge in [-0.2, -0.15) is 0 Å². The summed E-state index contributed by atoms with van der Waals surface area (Å²) in [5.41, 5.74) is 25.7. The van der Waals surface area contributed by atoms with Crippen LogP contribution < -0.4 is 0 Å². The van der Waals surface area contributed by atoms with Crippen LogP contribution in [0.25, 0.3) is 78.7 Å². The average Bonchev–Trinajstić information content (AvgIpc) is 3.93. The number of hydrogen-bond donors (Lipinski definition) is 0. The highest BCUT2D eigenvalue weighted by molar-refractivity contribution is 6.00. The molecule has 14 rings (SSSR count). The van der Waals surface area contributed by atoms with Crippen LogP contribution in [0.5, 0.6) is 0 Å². The summed E-state index contributed by atoms with van der Waals surface area (Å²) in [6, 6.07) is 63.1. The van der Waals surface area contributed by atoms with E-state index < -0.39 is 5.41 Å². The lowest BCUT2D eigenvalue weighted by atomic mass is 9.68. The maximum Gasteiger partial charge on any atom is 0.164 e. The molecule has 1 spiro atoms. The van der Waals surface area contributed by atoms with Crippen LogP contribution in [0, 0.1) is 0 Å². The third-order valence-corrected chi connectivity index (χ3v) is 14.6. The van der Waals surface area contributed by atoms with Crippen molar-refractivity contribution in [3.63, 3.8) is 0 Å². The van der Waals surface area contributed by atoms with E-state index in [9.17, 15) is 0 Å². The molecule has 9 aromatic rings. The van der Waals surface area contributed by atoms with Gasteiger partial charge in [0.05, 0.1) is 5.41 Å². The Kier molecular flexibility index (Phi) is 6.15. The first kappa shape index (κ1) is 32.7. The van der Waals surface area contributed by atoms with Gasteiger partial charge in [0, 0.05) is 28.0 Å². The largest absolute Gasteiger partial charge is 0.208 e. The predicted octanol–water partition coefficient (Wildman–Crippen LogP) is 13.2. The normalized spacial score (nSPS) is 18.1. The van der Waals surface area contributed by atoms with E-state index in [0.717, 1.165) is 23.1 Å². The smallest absolute Gasteiger partial charge is 0.164 e. The van der Waals surface area contributed by atoms with E-state index in [4.69, 9.17) is 15.0 Å². The standard InChI is InChI=1S/C57H37N3/c1-56(2)46-21-10-8-18-38(46)40-25-23-34(30-48(40)56)54-58-53(32-13-4-3-5-14-32)59-55(60-54)35-24-26-41-44-28-27-42-36-16-6-7-17-37(36)45-29-33-15-12-20-43-39-19-9-11-22-47(39)57(51(33)43,49(41)31-35)52(44)50(42)45/h3-28,30-31,45H,29H2,1-2H3. The van der Waals surface area contributed by atoms with Crippen molar-refractivity contribution in [2.24, 2.45) is 0 Å². The van der Waals surface area contributed by atoms with Gasteiger partial charge in [-0.05, 0) is 113 Å². The van der Waals surface area contributed by atoms with Crippen LogP contribution in [-0.4, -0.2) is 15.0 Å². The fourth-order valence-corrected chi connectivity index (χ4v) is 12.2. The monoisotopic (exact) mass is 763 g/mol. The molecular weight excluding hydrogens is 727 g/mol. The van der Waals surface area contributed by atoms with Crippen LogP contribution in [0.4, 0.5) is 0 Å². The lowest BCUT2D eigenvalue weighted by Crippen LogP contribution is -2.27. The summed E-state index contributed by atoms with van der Waals surface area (Å²) in [4.78, 5) is 15.9. The summed E-state index contributed by atoms with van der Waals surface area (Å²) in [5.74, 6) is 2.33. The summed E-state index contributed by atoms with van der Waals surface area (Å²) in [7, 11) is 0. The van der Waals surface area contributed by atoms with Gasteiger partial charge in [-0.15, -0.1) is 0 Å². The Balaban J connectivity index is 1.02. The van der Waals surface area contributed by atoms with Crippen LogP contribution >= 0.6 is 0 Å². The van der Waals surface area contributed by atoms with Crippen molar-refractivity contribution in [2.75, 3.05) is 0 Å². The van der Waals surface area contributed by atoms with Gasteiger partial charge in [-0.3, -0.25) is 0 Å². The maximum atomic E-state index is 5.39. The summed E-state index contributed by atoms with van der Waals surface area (Å²) >= 11 is 0. The Morgan fingerprint density at radius 2 is 0.933 bits per heavy atom. The number of benzene rings is 8. The molecule has 0 bridgehead atoms. The van der Waals surface area contributed by atoms with Crippen molar-refractivity contribution in [2.45, 2.75) is 37.0 Å². The fourth-order valence-electron chi connectivity index (χ4n) is 12.2. The molecule has 8 aromatic carbocycles. The zero-order valence-electron chi connectivity index (χ0n) is 33.3. The zero-order chi connectivity index (χ0) is 39.5. The molecule has 0 amide bonds. The topological polar surface area (TPSA) is 38.7 Å². The lowest BCUT2D eigenvalue weighted by Gasteiger charge is -2.32. The molecule has 1 aromatic heterocycles. The van der Waals surface area contributed by atoms with Gasteiger partial charge in [0.2, 0.25) is 0 Å². The summed E-state index contributed by atoms with van der Waals surface area (Å²) in [5, 5.41) is 0. The number of fused-ring (bicyclic) bond motifs is 10. The first-order valence-corrected chi connectivity index (χ1v) is 21.2. The van der Waals surface area contributed by atoms with Crippen LogP contribution in [-0.2, 0) is 17.3 Å². The molecule has 60 heavy (non-hydrogen) atoms. The fraction of sp³-hybridized carbons (Fsp3) is 0.105. The van der Waals surface area contributed by atoms with Gasteiger partial charge >= 0.3 is 0 Å². The second-order valence-corrected chi connectivity index (χ2v) is 17.8. The van der Waals surface area contributed by atoms with Crippen molar-refractivity contribution >= 4 is 0 Å². The zero-order valence-corrected chi connectivity index (χ0v) is 33.3. The molecular formula is C57H37N3. The molecule has 0 aliphatic heterocycles. The minimum Gasteiger partial charge on any atom is -0.208 e. The first-order valence-electron chi connectivity index (χ1n) is 21.2. The minimum atomic E-state index is -0.468. The second kappa shape index (κ2) is 11.3. The quantitative estimate of drug-likeness (QED) is 0.180. The van der Waals surface area contributed by atoms with Gasteiger partial charge in [0.25, 0.3) is 0 Å². The van der Waals surface area contributed by atoms with Gasteiger partial charge in [0.1, 0.15) is 0 Å². The molecule has 0 radical (unpaired) electrons. The molecule has 0 N–H and O–H groups in total. The molecule has 280 valence electrons. The van der Waals surface area contributed by atoms with Gasteiger partial charge in [0.15, 0.2) is 17.5 Å². The third-order valence-electron chi connectivity index (χ3n) is 14.6. The molecule has 5 aliphatic carbocycles. The molecule has 3 nitrogen and oxygen atoms in total. The highest BCUT2D eigenvalue weighted by atomic mass is 15.0. The Bertz CT molecular complexity index is 3390. The molecule has 2 atom stereocenters. The molecule has 5 aliphatic rings. The van der Waals surface area contributed by atoms with Crippen molar-refractivity contribution in [1.82, 2.24) is 15.0 Å². The minimum absolute atomic E-state index is 0.139. The van der Waals surface area contributed by atoms with Crippen LogP contribution in [0.15, 0.2) is 170 Å². The van der Waals surface area contributed by atoms with Crippen molar-refractivity contribution < 1.29 is 0 Å². The number of rotatable bonds is 3. The van der Waals surface area contributed by atoms with E-state index in [2.05, 4.69) is 178 Å². The maximum absolute atomic E-state index is 5.39. The van der Waals surface area contributed by atoms with Crippen LogP contribution in [0.1, 0.15) is 69.8 Å². The summed E-state index contributed by atoms with van der Waals surface area (Å²) in [6.07, 6.45) is 0.980. The summed E-state index contributed by atoms with van der Waals surface area (Å²) in [6.45, 7) is 4.65. The molecule has 0 saturated heterocycles. The highest BCUT2D eigenvalue weighted by Gasteiger charge is 2.57. The van der Waals surface area contributed by atoms with Crippen molar-refractivity contribution in [3.8, 4) is 78.7 Å².